The van der Waals surface area contributed by atoms with E-state index in [4.69, 9.17) is 14.2 Å². The molecule has 0 fully saturated rings. The topological polar surface area (TPSA) is 86.2 Å². The molecule has 8 heteroatoms. The molecule has 0 heterocycles. The number of hydrogen-bond acceptors (Lipinski definition) is 6. The van der Waals surface area contributed by atoms with Gasteiger partial charge in [0.15, 0.2) is 18.1 Å². The summed E-state index contributed by atoms with van der Waals surface area (Å²) < 4.78 is 29.3. The Labute approximate surface area is 184 Å². The summed E-state index contributed by atoms with van der Waals surface area (Å²) in [5, 5.41) is 3.89. The van der Waals surface area contributed by atoms with Gasteiger partial charge >= 0.3 is 5.97 Å². The Hall–Kier alpha value is -4.20. The maximum absolute atomic E-state index is 13.3. The van der Waals surface area contributed by atoms with Crippen molar-refractivity contribution in [2.45, 2.75) is 6.92 Å². The number of carbonyl (C=O) groups is 2. The highest BCUT2D eigenvalue weighted by atomic mass is 19.1. The molecule has 1 amide bonds. The van der Waals surface area contributed by atoms with Crippen LogP contribution in [0.5, 0.6) is 17.2 Å². The number of halogens is 1. The highest BCUT2D eigenvalue weighted by Gasteiger charge is 2.13. The molecule has 32 heavy (non-hydrogen) atoms. The van der Waals surface area contributed by atoms with E-state index in [1.54, 1.807) is 18.2 Å². The third-order valence-electron chi connectivity index (χ3n) is 4.21. The van der Waals surface area contributed by atoms with E-state index in [2.05, 4.69) is 10.5 Å². The van der Waals surface area contributed by atoms with E-state index in [9.17, 15) is 14.0 Å². The van der Waals surface area contributed by atoms with Crippen LogP contribution < -0.4 is 19.6 Å². The number of aryl methyl sites for hydroxylation is 1. The fourth-order valence-corrected chi connectivity index (χ4v) is 2.69. The van der Waals surface area contributed by atoms with Gasteiger partial charge in [-0.15, -0.1) is 0 Å². The van der Waals surface area contributed by atoms with Crippen LogP contribution in [0.4, 0.5) is 4.39 Å². The number of ether oxygens (including phenoxy) is 3. The molecule has 0 saturated heterocycles. The van der Waals surface area contributed by atoms with Crippen LogP contribution in [0.15, 0.2) is 71.8 Å². The van der Waals surface area contributed by atoms with E-state index in [0.717, 1.165) is 11.6 Å². The molecule has 0 aliphatic heterocycles. The van der Waals surface area contributed by atoms with E-state index in [1.807, 2.05) is 25.1 Å². The van der Waals surface area contributed by atoms with Gasteiger partial charge in [0, 0.05) is 0 Å². The van der Waals surface area contributed by atoms with Crippen molar-refractivity contribution in [1.29, 1.82) is 0 Å². The summed E-state index contributed by atoms with van der Waals surface area (Å²) in [5.41, 5.74) is 4.07. The van der Waals surface area contributed by atoms with Crippen LogP contribution in [0, 0.1) is 12.7 Å². The molecule has 3 aromatic carbocycles. The SMILES string of the molecule is COc1cc(/C=N\NC(=O)COc2cccc(C)c2)ccc1OC(=O)c1cccc(F)c1. The van der Waals surface area contributed by atoms with E-state index in [1.165, 1.54) is 37.6 Å². The third-order valence-corrected chi connectivity index (χ3v) is 4.21. The molecule has 0 atom stereocenters. The third kappa shape index (κ3) is 6.40. The van der Waals surface area contributed by atoms with Crippen LogP contribution in [-0.2, 0) is 4.79 Å². The lowest BCUT2D eigenvalue weighted by Crippen LogP contribution is -2.24. The predicted octanol–water partition coefficient (Wildman–Crippen LogP) is 3.89. The molecule has 3 rings (SSSR count). The summed E-state index contributed by atoms with van der Waals surface area (Å²) in [4.78, 5) is 24.1. The van der Waals surface area contributed by atoms with Gasteiger partial charge in [-0.05, 0) is 66.6 Å². The highest BCUT2D eigenvalue weighted by Crippen LogP contribution is 2.28. The number of methoxy groups -OCH3 is 1. The van der Waals surface area contributed by atoms with E-state index in [-0.39, 0.29) is 23.7 Å². The van der Waals surface area contributed by atoms with Gasteiger partial charge in [-0.1, -0.05) is 18.2 Å². The van der Waals surface area contributed by atoms with Crippen molar-refractivity contribution >= 4 is 18.1 Å². The van der Waals surface area contributed by atoms with Crippen molar-refractivity contribution in [3.63, 3.8) is 0 Å². The molecule has 0 bridgehead atoms. The maximum Gasteiger partial charge on any atom is 0.343 e. The molecule has 3 aromatic rings. The zero-order valence-corrected chi connectivity index (χ0v) is 17.5. The van der Waals surface area contributed by atoms with Gasteiger partial charge in [-0.25, -0.2) is 14.6 Å². The molecular weight excluding hydrogens is 415 g/mol. The summed E-state index contributed by atoms with van der Waals surface area (Å²) in [7, 11) is 1.42. The van der Waals surface area contributed by atoms with Gasteiger partial charge in [0.05, 0.1) is 18.9 Å². The molecule has 7 nitrogen and oxygen atoms in total. The van der Waals surface area contributed by atoms with Gasteiger partial charge in [0.2, 0.25) is 0 Å². The minimum atomic E-state index is -0.718. The monoisotopic (exact) mass is 436 g/mol. The molecule has 0 unspecified atom stereocenters. The molecule has 0 radical (unpaired) electrons. The molecule has 0 spiro atoms. The van der Waals surface area contributed by atoms with Crippen LogP contribution in [0.2, 0.25) is 0 Å². The minimum absolute atomic E-state index is 0.0771. The van der Waals surface area contributed by atoms with Crippen molar-refractivity contribution in [2.75, 3.05) is 13.7 Å². The minimum Gasteiger partial charge on any atom is -0.493 e. The van der Waals surface area contributed by atoms with Gasteiger partial charge in [-0.3, -0.25) is 4.79 Å². The van der Waals surface area contributed by atoms with Crippen molar-refractivity contribution in [2.24, 2.45) is 5.10 Å². The zero-order chi connectivity index (χ0) is 22.9. The second-order valence-electron chi connectivity index (χ2n) is 6.71. The molecule has 0 saturated carbocycles. The Morgan fingerprint density at radius 2 is 1.84 bits per heavy atom. The lowest BCUT2D eigenvalue weighted by atomic mass is 10.2. The Morgan fingerprint density at radius 1 is 1.03 bits per heavy atom. The first-order valence-corrected chi connectivity index (χ1v) is 9.62. The first kappa shape index (κ1) is 22.5. The van der Waals surface area contributed by atoms with Gasteiger partial charge in [0.25, 0.3) is 5.91 Å². The van der Waals surface area contributed by atoms with Crippen molar-refractivity contribution in [1.82, 2.24) is 5.43 Å². The average Bonchev–Trinajstić information content (AvgIpc) is 2.78. The Morgan fingerprint density at radius 3 is 2.59 bits per heavy atom. The molecule has 164 valence electrons. The number of hydrogen-bond donors (Lipinski definition) is 1. The van der Waals surface area contributed by atoms with Crippen LogP contribution in [0.1, 0.15) is 21.5 Å². The first-order chi connectivity index (χ1) is 15.4. The molecule has 0 aliphatic carbocycles. The Kier molecular flexibility index (Phi) is 7.53. The largest absolute Gasteiger partial charge is 0.493 e. The fraction of sp³-hybridized carbons (Fsp3) is 0.125. The lowest BCUT2D eigenvalue weighted by molar-refractivity contribution is -0.123. The maximum atomic E-state index is 13.3. The first-order valence-electron chi connectivity index (χ1n) is 9.62. The zero-order valence-electron chi connectivity index (χ0n) is 17.5. The number of esters is 1. The second kappa shape index (κ2) is 10.7. The average molecular weight is 436 g/mol. The molecule has 1 N–H and O–H groups in total. The molecular formula is C24H21FN2O5. The van der Waals surface area contributed by atoms with Crippen molar-refractivity contribution in [3.05, 3.63) is 89.2 Å². The van der Waals surface area contributed by atoms with Crippen LogP contribution >= 0.6 is 0 Å². The van der Waals surface area contributed by atoms with Gasteiger partial charge in [0.1, 0.15) is 11.6 Å². The number of amides is 1. The number of benzene rings is 3. The fourth-order valence-electron chi connectivity index (χ4n) is 2.69. The number of carbonyl (C=O) groups excluding carboxylic acids is 2. The van der Waals surface area contributed by atoms with Crippen molar-refractivity contribution in [3.8, 4) is 17.2 Å². The van der Waals surface area contributed by atoms with Gasteiger partial charge in [-0.2, -0.15) is 5.10 Å². The van der Waals surface area contributed by atoms with E-state index in [0.29, 0.717) is 11.3 Å². The number of rotatable bonds is 8. The smallest absolute Gasteiger partial charge is 0.343 e. The van der Waals surface area contributed by atoms with Crippen LogP contribution in [0.3, 0.4) is 0 Å². The summed E-state index contributed by atoms with van der Waals surface area (Å²) in [6.07, 6.45) is 1.41. The number of nitrogens with one attached hydrogen (secondary N) is 1. The molecule has 0 aromatic heterocycles. The Bertz CT molecular complexity index is 1150. The normalized spacial score (nSPS) is 10.6. The number of nitrogens with zero attached hydrogens (tertiary/aromatic N) is 1. The number of hydrazone groups is 1. The molecule has 0 aliphatic rings. The summed E-state index contributed by atoms with van der Waals surface area (Å²) in [5.74, 6) is -0.649. The summed E-state index contributed by atoms with van der Waals surface area (Å²) in [6, 6.07) is 17.3. The van der Waals surface area contributed by atoms with E-state index < -0.39 is 17.7 Å². The quantitative estimate of drug-likeness (QED) is 0.251. The predicted molar refractivity (Wildman–Crippen MR) is 117 cm³/mol. The Balaban J connectivity index is 1.57. The second-order valence-corrected chi connectivity index (χ2v) is 6.71. The highest BCUT2D eigenvalue weighted by molar-refractivity contribution is 5.91. The lowest BCUT2D eigenvalue weighted by Gasteiger charge is -2.10. The standard InChI is InChI=1S/C24H21FN2O5/c1-16-5-3-8-20(11-16)31-15-23(28)27-26-14-17-9-10-21(22(12-17)30-2)32-24(29)18-6-4-7-19(25)13-18/h3-14H,15H2,1-2H3,(H,27,28)/b26-14-. The van der Waals surface area contributed by atoms with Crippen LogP contribution in [0.25, 0.3) is 0 Å². The van der Waals surface area contributed by atoms with Crippen molar-refractivity contribution < 1.29 is 28.2 Å². The van der Waals surface area contributed by atoms with E-state index >= 15 is 0 Å². The van der Waals surface area contributed by atoms with Gasteiger partial charge < -0.3 is 14.2 Å². The van der Waals surface area contributed by atoms with Crippen LogP contribution in [-0.4, -0.2) is 31.8 Å². The summed E-state index contributed by atoms with van der Waals surface area (Å²) >= 11 is 0. The summed E-state index contributed by atoms with van der Waals surface area (Å²) in [6.45, 7) is 1.75.